The van der Waals surface area contributed by atoms with Gasteiger partial charge in [0.15, 0.2) is 0 Å². The summed E-state index contributed by atoms with van der Waals surface area (Å²) < 4.78 is 10.2. The van der Waals surface area contributed by atoms with Crippen molar-refractivity contribution >= 4 is 22.3 Å². The second-order valence-corrected chi connectivity index (χ2v) is 5.22. The lowest BCUT2D eigenvalue weighted by Gasteiger charge is -2.10. The summed E-state index contributed by atoms with van der Waals surface area (Å²) in [5.74, 6) is 0.274. The van der Waals surface area contributed by atoms with E-state index in [1.54, 1.807) is 7.11 Å². The SMILES string of the molecule is COC(=O)c1c(N)sc(C)c1-c1ccccc1OC. The number of para-hydroxylation sites is 1. The molecule has 0 saturated heterocycles. The number of methoxy groups -OCH3 is 2. The summed E-state index contributed by atoms with van der Waals surface area (Å²) in [6.45, 7) is 1.93. The molecular formula is C14H15NO3S. The fourth-order valence-electron chi connectivity index (χ4n) is 2.05. The van der Waals surface area contributed by atoms with Crippen LogP contribution in [0.15, 0.2) is 24.3 Å². The summed E-state index contributed by atoms with van der Waals surface area (Å²) in [5, 5.41) is 0.463. The fraction of sp³-hybridized carbons (Fsp3) is 0.214. The molecule has 0 radical (unpaired) electrons. The van der Waals surface area contributed by atoms with Crippen LogP contribution in [0.2, 0.25) is 0 Å². The maximum absolute atomic E-state index is 11.9. The Bertz CT molecular complexity index is 619. The number of carbonyl (C=O) groups is 1. The average molecular weight is 277 g/mol. The zero-order valence-electron chi connectivity index (χ0n) is 11.0. The second kappa shape index (κ2) is 5.32. The molecule has 0 unspecified atom stereocenters. The summed E-state index contributed by atoms with van der Waals surface area (Å²) in [5.41, 5.74) is 7.96. The van der Waals surface area contributed by atoms with Crippen molar-refractivity contribution in [2.24, 2.45) is 0 Å². The topological polar surface area (TPSA) is 61.5 Å². The van der Waals surface area contributed by atoms with Crippen LogP contribution in [-0.4, -0.2) is 20.2 Å². The Morgan fingerprint density at radius 3 is 2.58 bits per heavy atom. The van der Waals surface area contributed by atoms with Gasteiger partial charge in [-0.15, -0.1) is 11.3 Å². The number of ether oxygens (including phenoxy) is 2. The lowest BCUT2D eigenvalue weighted by molar-refractivity contribution is 0.0603. The van der Waals surface area contributed by atoms with Crippen LogP contribution in [0.5, 0.6) is 5.75 Å². The number of nitrogens with two attached hydrogens (primary N) is 1. The van der Waals surface area contributed by atoms with Crippen LogP contribution in [-0.2, 0) is 4.74 Å². The first-order chi connectivity index (χ1) is 9.10. The maximum atomic E-state index is 11.9. The lowest BCUT2D eigenvalue weighted by atomic mass is 10.0. The van der Waals surface area contributed by atoms with E-state index in [0.717, 1.165) is 16.0 Å². The van der Waals surface area contributed by atoms with Gasteiger partial charge in [-0.3, -0.25) is 0 Å². The standard InChI is InChI=1S/C14H15NO3S/c1-8-11(9-6-4-5-7-10(9)17-2)12(13(15)19-8)14(16)18-3/h4-7H,15H2,1-3H3. The largest absolute Gasteiger partial charge is 0.496 e. The van der Waals surface area contributed by atoms with E-state index in [1.165, 1.54) is 18.4 Å². The molecule has 4 nitrogen and oxygen atoms in total. The van der Waals surface area contributed by atoms with Gasteiger partial charge in [0.25, 0.3) is 0 Å². The van der Waals surface area contributed by atoms with E-state index in [-0.39, 0.29) is 0 Å². The van der Waals surface area contributed by atoms with Crippen molar-refractivity contribution in [3.63, 3.8) is 0 Å². The summed E-state index contributed by atoms with van der Waals surface area (Å²) in [6, 6.07) is 7.53. The Hall–Kier alpha value is -2.01. The number of hydrogen-bond donors (Lipinski definition) is 1. The number of benzene rings is 1. The molecule has 2 aromatic rings. The number of thiophene rings is 1. The summed E-state index contributed by atoms with van der Waals surface area (Å²) in [4.78, 5) is 12.9. The number of carbonyl (C=O) groups excluding carboxylic acids is 1. The minimum Gasteiger partial charge on any atom is -0.496 e. The molecule has 0 aliphatic carbocycles. The first kappa shape index (κ1) is 13.4. The van der Waals surface area contributed by atoms with Gasteiger partial charge in [0.1, 0.15) is 16.3 Å². The fourth-order valence-corrected chi connectivity index (χ4v) is 2.98. The van der Waals surface area contributed by atoms with E-state index < -0.39 is 5.97 Å². The van der Waals surface area contributed by atoms with Crippen molar-refractivity contribution in [1.29, 1.82) is 0 Å². The number of esters is 1. The Balaban J connectivity index is 2.71. The van der Waals surface area contributed by atoms with Crippen molar-refractivity contribution in [2.75, 3.05) is 20.0 Å². The third kappa shape index (κ3) is 2.29. The van der Waals surface area contributed by atoms with Gasteiger partial charge in [0, 0.05) is 16.0 Å². The molecule has 2 N–H and O–H groups in total. The zero-order valence-corrected chi connectivity index (χ0v) is 11.8. The predicted octanol–water partition coefficient (Wildman–Crippen LogP) is 3.10. The number of nitrogen functional groups attached to an aromatic ring is 1. The smallest absolute Gasteiger partial charge is 0.341 e. The Kier molecular flexibility index (Phi) is 3.76. The molecule has 0 fully saturated rings. The third-order valence-electron chi connectivity index (χ3n) is 2.88. The third-order valence-corrected chi connectivity index (χ3v) is 3.81. The predicted molar refractivity (Wildman–Crippen MR) is 76.8 cm³/mol. The van der Waals surface area contributed by atoms with E-state index in [1.807, 2.05) is 31.2 Å². The van der Waals surface area contributed by atoms with Crippen LogP contribution in [0.3, 0.4) is 0 Å². The normalized spacial score (nSPS) is 10.3. The highest BCUT2D eigenvalue weighted by molar-refractivity contribution is 7.16. The molecule has 19 heavy (non-hydrogen) atoms. The number of anilines is 1. The van der Waals surface area contributed by atoms with Gasteiger partial charge in [-0.1, -0.05) is 18.2 Å². The highest BCUT2D eigenvalue weighted by Crippen LogP contribution is 2.42. The van der Waals surface area contributed by atoms with E-state index >= 15 is 0 Å². The number of aryl methyl sites for hydroxylation is 1. The van der Waals surface area contributed by atoms with Gasteiger partial charge in [-0.2, -0.15) is 0 Å². The first-order valence-corrected chi connectivity index (χ1v) is 6.52. The van der Waals surface area contributed by atoms with Gasteiger partial charge in [-0.05, 0) is 13.0 Å². The molecule has 0 bridgehead atoms. The zero-order chi connectivity index (χ0) is 14.0. The lowest BCUT2D eigenvalue weighted by Crippen LogP contribution is -2.05. The van der Waals surface area contributed by atoms with Gasteiger partial charge in [0.05, 0.1) is 14.2 Å². The van der Waals surface area contributed by atoms with Crippen LogP contribution in [0, 0.1) is 6.92 Å². The molecule has 0 spiro atoms. The molecular weight excluding hydrogens is 262 g/mol. The minimum absolute atomic E-state index is 0.412. The number of rotatable bonds is 3. The molecule has 0 aliphatic rings. The quantitative estimate of drug-likeness (QED) is 0.876. The summed E-state index contributed by atoms with van der Waals surface area (Å²) in [7, 11) is 2.95. The van der Waals surface area contributed by atoms with E-state index in [2.05, 4.69) is 0 Å². The Labute approximate surface area is 115 Å². The highest BCUT2D eigenvalue weighted by Gasteiger charge is 2.24. The summed E-state index contributed by atoms with van der Waals surface area (Å²) in [6.07, 6.45) is 0. The molecule has 0 atom stereocenters. The van der Waals surface area contributed by atoms with Crippen molar-refractivity contribution in [1.82, 2.24) is 0 Å². The first-order valence-electron chi connectivity index (χ1n) is 5.70. The molecule has 1 heterocycles. The van der Waals surface area contributed by atoms with E-state index in [4.69, 9.17) is 15.2 Å². The maximum Gasteiger partial charge on any atom is 0.341 e. The van der Waals surface area contributed by atoms with Crippen molar-refractivity contribution in [2.45, 2.75) is 6.92 Å². The summed E-state index contributed by atoms with van der Waals surface area (Å²) >= 11 is 1.37. The van der Waals surface area contributed by atoms with Gasteiger partial charge in [0.2, 0.25) is 0 Å². The van der Waals surface area contributed by atoms with Crippen molar-refractivity contribution < 1.29 is 14.3 Å². The molecule has 5 heteroatoms. The Morgan fingerprint density at radius 1 is 1.26 bits per heavy atom. The van der Waals surface area contributed by atoms with Crippen LogP contribution in [0.25, 0.3) is 11.1 Å². The molecule has 1 aromatic carbocycles. The van der Waals surface area contributed by atoms with Gasteiger partial charge in [-0.25, -0.2) is 4.79 Å². The molecule has 1 aromatic heterocycles. The highest BCUT2D eigenvalue weighted by atomic mass is 32.1. The van der Waals surface area contributed by atoms with Crippen LogP contribution < -0.4 is 10.5 Å². The Morgan fingerprint density at radius 2 is 1.95 bits per heavy atom. The van der Waals surface area contributed by atoms with Crippen molar-refractivity contribution in [3.8, 4) is 16.9 Å². The average Bonchev–Trinajstić information content (AvgIpc) is 2.72. The second-order valence-electron chi connectivity index (χ2n) is 3.96. The molecule has 2 rings (SSSR count). The van der Waals surface area contributed by atoms with E-state index in [9.17, 15) is 4.79 Å². The number of hydrogen-bond acceptors (Lipinski definition) is 5. The van der Waals surface area contributed by atoms with Crippen LogP contribution in [0.4, 0.5) is 5.00 Å². The van der Waals surface area contributed by atoms with E-state index in [0.29, 0.717) is 16.3 Å². The van der Waals surface area contributed by atoms with Gasteiger partial charge < -0.3 is 15.2 Å². The molecule has 100 valence electrons. The van der Waals surface area contributed by atoms with Crippen molar-refractivity contribution in [3.05, 3.63) is 34.7 Å². The molecule has 0 amide bonds. The molecule has 0 saturated carbocycles. The van der Waals surface area contributed by atoms with Crippen LogP contribution >= 0.6 is 11.3 Å². The van der Waals surface area contributed by atoms with Gasteiger partial charge >= 0.3 is 5.97 Å². The minimum atomic E-state index is -0.428. The molecule has 0 aliphatic heterocycles. The van der Waals surface area contributed by atoms with Crippen LogP contribution in [0.1, 0.15) is 15.2 Å². The monoisotopic (exact) mass is 277 g/mol.